The lowest BCUT2D eigenvalue weighted by molar-refractivity contribution is 0.659. The van der Waals surface area contributed by atoms with Gasteiger partial charge in [-0.1, -0.05) is 6.92 Å². The second-order valence-corrected chi connectivity index (χ2v) is 5.34. The summed E-state index contributed by atoms with van der Waals surface area (Å²) in [5, 5.41) is 5.41. The molecule has 0 saturated carbocycles. The van der Waals surface area contributed by atoms with Gasteiger partial charge in [0.15, 0.2) is 0 Å². The first-order chi connectivity index (χ1) is 7.81. The molecule has 0 spiro atoms. The summed E-state index contributed by atoms with van der Waals surface area (Å²) in [6, 6.07) is 2.08. The van der Waals surface area contributed by atoms with Crippen molar-refractivity contribution < 1.29 is 0 Å². The maximum Gasteiger partial charge on any atom is 0.0952 e. The molecule has 0 bridgehead atoms. The van der Waals surface area contributed by atoms with E-state index in [1.165, 1.54) is 15.0 Å². The van der Waals surface area contributed by atoms with E-state index in [9.17, 15) is 0 Å². The van der Waals surface area contributed by atoms with Gasteiger partial charge in [-0.2, -0.15) is 0 Å². The van der Waals surface area contributed by atoms with Crippen molar-refractivity contribution in [3.8, 4) is 0 Å². The molecule has 0 saturated heterocycles. The Balaban J connectivity index is 2.09. The van der Waals surface area contributed by atoms with Crippen LogP contribution in [-0.4, -0.2) is 16.1 Å². The van der Waals surface area contributed by atoms with Crippen molar-refractivity contribution in [2.45, 2.75) is 20.0 Å². The molecule has 0 radical (unpaired) electrons. The molecule has 0 aromatic carbocycles. The van der Waals surface area contributed by atoms with E-state index in [-0.39, 0.29) is 0 Å². The SMILES string of the molecule is CCNCc1cncn1Cc1sccc1Br. The smallest absolute Gasteiger partial charge is 0.0952 e. The predicted molar refractivity (Wildman–Crippen MR) is 70.7 cm³/mol. The summed E-state index contributed by atoms with van der Waals surface area (Å²) < 4.78 is 3.36. The number of hydrogen-bond acceptors (Lipinski definition) is 3. The first-order valence-electron chi connectivity index (χ1n) is 5.23. The Labute approximate surface area is 108 Å². The maximum absolute atomic E-state index is 4.20. The molecule has 86 valence electrons. The Hall–Kier alpha value is -0.650. The average Bonchev–Trinajstić information content (AvgIpc) is 2.87. The molecular weight excluding hydrogens is 286 g/mol. The van der Waals surface area contributed by atoms with Crippen LogP contribution in [0.2, 0.25) is 0 Å². The Morgan fingerprint density at radius 2 is 2.44 bits per heavy atom. The molecule has 2 aromatic rings. The maximum atomic E-state index is 4.20. The lowest BCUT2D eigenvalue weighted by atomic mass is 10.4. The Morgan fingerprint density at radius 1 is 1.56 bits per heavy atom. The van der Waals surface area contributed by atoms with E-state index in [0.717, 1.165) is 19.6 Å². The summed E-state index contributed by atoms with van der Waals surface area (Å²) in [5.41, 5.74) is 1.22. The topological polar surface area (TPSA) is 29.9 Å². The lowest BCUT2D eigenvalue weighted by Gasteiger charge is -2.07. The first kappa shape index (κ1) is 11.8. The number of nitrogens with zero attached hydrogens (tertiary/aromatic N) is 2. The van der Waals surface area contributed by atoms with Crippen molar-refractivity contribution in [3.05, 3.63) is 39.0 Å². The van der Waals surface area contributed by atoms with Crippen LogP contribution in [-0.2, 0) is 13.1 Å². The average molecular weight is 300 g/mol. The van der Waals surface area contributed by atoms with Gasteiger partial charge >= 0.3 is 0 Å². The van der Waals surface area contributed by atoms with Gasteiger partial charge in [0.25, 0.3) is 0 Å². The number of aromatic nitrogens is 2. The van der Waals surface area contributed by atoms with Crippen LogP contribution >= 0.6 is 27.3 Å². The van der Waals surface area contributed by atoms with Crippen molar-refractivity contribution in [2.75, 3.05) is 6.54 Å². The molecule has 0 aliphatic carbocycles. The number of thiophene rings is 1. The summed E-state index contributed by atoms with van der Waals surface area (Å²) in [5.74, 6) is 0. The van der Waals surface area contributed by atoms with Crippen LogP contribution < -0.4 is 5.32 Å². The minimum atomic E-state index is 0.874. The zero-order valence-corrected chi connectivity index (χ0v) is 11.5. The highest BCUT2D eigenvalue weighted by atomic mass is 79.9. The first-order valence-corrected chi connectivity index (χ1v) is 6.90. The zero-order chi connectivity index (χ0) is 11.4. The van der Waals surface area contributed by atoms with Crippen molar-refractivity contribution in [1.82, 2.24) is 14.9 Å². The van der Waals surface area contributed by atoms with Crippen LogP contribution in [0, 0.1) is 0 Å². The lowest BCUT2D eigenvalue weighted by Crippen LogP contribution is -2.15. The fourth-order valence-corrected chi connectivity index (χ4v) is 2.96. The van der Waals surface area contributed by atoms with Crippen LogP contribution in [0.4, 0.5) is 0 Å². The fourth-order valence-electron chi connectivity index (χ4n) is 1.48. The summed E-state index contributed by atoms with van der Waals surface area (Å²) in [4.78, 5) is 5.53. The number of halogens is 1. The fraction of sp³-hybridized carbons (Fsp3) is 0.364. The third-order valence-corrected chi connectivity index (χ3v) is 4.27. The summed E-state index contributed by atoms with van der Waals surface area (Å²) in [6.45, 7) is 4.85. The normalized spacial score (nSPS) is 10.9. The van der Waals surface area contributed by atoms with Crippen LogP contribution in [0.1, 0.15) is 17.5 Å². The Bertz CT molecular complexity index is 450. The third kappa shape index (κ3) is 2.72. The van der Waals surface area contributed by atoms with E-state index in [0.29, 0.717) is 0 Å². The Kier molecular flexibility index (Phi) is 4.15. The molecule has 0 amide bonds. The summed E-state index contributed by atoms with van der Waals surface area (Å²) in [6.07, 6.45) is 3.81. The highest BCUT2D eigenvalue weighted by molar-refractivity contribution is 9.10. The molecule has 16 heavy (non-hydrogen) atoms. The van der Waals surface area contributed by atoms with Gasteiger partial charge in [-0.05, 0) is 33.9 Å². The number of imidazole rings is 1. The summed E-state index contributed by atoms with van der Waals surface area (Å²) in [7, 11) is 0. The molecular formula is C11H14BrN3S. The molecule has 3 nitrogen and oxygen atoms in total. The minimum Gasteiger partial charge on any atom is -0.328 e. The molecule has 2 heterocycles. The standard InChI is InChI=1S/C11H14BrN3S/c1-2-13-5-9-6-14-8-15(9)7-11-10(12)3-4-16-11/h3-4,6,8,13H,2,5,7H2,1H3. The van der Waals surface area contributed by atoms with Gasteiger partial charge in [-0.15, -0.1) is 11.3 Å². The molecule has 0 unspecified atom stereocenters. The van der Waals surface area contributed by atoms with Gasteiger partial charge in [0.05, 0.1) is 18.6 Å². The second kappa shape index (κ2) is 5.61. The highest BCUT2D eigenvalue weighted by Gasteiger charge is 2.05. The van der Waals surface area contributed by atoms with Crippen LogP contribution in [0.15, 0.2) is 28.4 Å². The summed E-state index contributed by atoms with van der Waals surface area (Å²) >= 11 is 5.31. The second-order valence-electron chi connectivity index (χ2n) is 3.48. The number of rotatable bonds is 5. The molecule has 0 aliphatic heterocycles. The molecule has 1 N–H and O–H groups in total. The van der Waals surface area contributed by atoms with E-state index in [1.54, 1.807) is 11.3 Å². The quantitative estimate of drug-likeness (QED) is 0.920. The Morgan fingerprint density at radius 3 is 3.12 bits per heavy atom. The molecule has 0 fully saturated rings. The van der Waals surface area contributed by atoms with Crippen LogP contribution in [0.5, 0.6) is 0 Å². The molecule has 2 rings (SSSR count). The zero-order valence-electron chi connectivity index (χ0n) is 9.11. The van der Waals surface area contributed by atoms with Crippen LogP contribution in [0.3, 0.4) is 0 Å². The van der Waals surface area contributed by atoms with Gasteiger partial charge < -0.3 is 9.88 Å². The van der Waals surface area contributed by atoms with E-state index >= 15 is 0 Å². The highest BCUT2D eigenvalue weighted by Crippen LogP contribution is 2.23. The van der Waals surface area contributed by atoms with Crippen LogP contribution in [0.25, 0.3) is 0 Å². The minimum absolute atomic E-state index is 0.874. The van der Waals surface area contributed by atoms with Crippen molar-refractivity contribution in [2.24, 2.45) is 0 Å². The van der Waals surface area contributed by atoms with Crippen molar-refractivity contribution >= 4 is 27.3 Å². The monoisotopic (exact) mass is 299 g/mol. The van der Waals surface area contributed by atoms with Gasteiger partial charge in [0.2, 0.25) is 0 Å². The van der Waals surface area contributed by atoms with Gasteiger partial charge in [-0.3, -0.25) is 0 Å². The van der Waals surface area contributed by atoms with E-state index in [1.807, 2.05) is 12.5 Å². The molecule has 5 heteroatoms. The van der Waals surface area contributed by atoms with Gasteiger partial charge in [-0.25, -0.2) is 4.98 Å². The number of nitrogens with one attached hydrogen (secondary N) is 1. The van der Waals surface area contributed by atoms with E-state index in [4.69, 9.17) is 0 Å². The van der Waals surface area contributed by atoms with Gasteiger partial charge in [0.1, 0.15) is 0 Å². The molecule has 0 atom stereocenters. The van der Waals surface area contributed by atoms with E-state index < -0.39 is 0 Å². The largest absolute Gasteiger partial charge is 0.328 e. The molecule has 2 aromatic heterocycles. The third-order valence-electron chi connectivity index (χ3n) is 2.36. The van der Waals surface area contributed by atoms with Crippen molar-refractivity contribution in [3.63, 3.8) is 0 Å². The number of hydrogen-bond donors (Lipinski definition) is 1. The molecule has 0 aliphatic rings. The van der Waals surface area contributed by atoms with E-state index in [2.05, 4.69) is 49.2 Å². The van der Waals surface area contributed by atoms with Crippen molar-refractivity contribution in [1.29, 1.82) is 0 Å². The predicted octanol–water partition coefficient (Wildman–Crippen LogP) is 2.86. The van der Waals surface area contributed by atoms with Gasteiger partial charge in [0, 0.05) is 22.1 Å².